The van der Waals surface area contributed by atoms with Gasteiger partial charge in [-0.3, -0.25) is 0 Å². The maximum Gasteiger partial charge on any atom is 0.416 e. The molecule has 1 aromatic rings. The number of benzene rings is 1. The molecule has 1 unspecified atom stereocenters. The number of rotatable bonds is 2. The van der Waals surface area contributed by atoms with E-state index >= 15 is 0 Å². The molecule has 0 saturated carbocycles. The van der Waals surface area contributed by atoms with Gasteiger partial charge in [-0.25, -0.2) is 0 Å². The summed E-state index contributed by atoms with van der Waals surface area (Å²) < 4.78 is 39.5. The third-order valence-corrected chi connectivity index (χ3v) is 3.79. The number of hydrogen-bond acceptors (Lipinski definition) is 2. The molecule has 19 heavy (non-hydrogen) atoms. The second kappa shape index (κ2) is 4.71. The van der Waals surface area contributed by atoms with Gasteiger partial charge in [-0.05, 0) is 50.1 Å². The number of anilines is 1. The highest BCUT2D eigenvalue weighted by atomic mass is 19.4. The van der Waals surface area contributed by atoms with Crippen molar-refractivity contribution in [1.82, 2.24) is 5.32 Å². The summed E-state index contributed by atoms with van der Waals surface area (Å²) in [6.45, 7) is 2.62. The third-order valence-electron chi connectivity index (χ3n) is 3.79. The standard InChI is InChI=1S/C14H19F3N2/c1-13(7-4-8-18-13)12-9-10(19(2)3)5-6-11(12)14(15,16)17/h5-6,9,18H,4,7-8H2,1-3H3. The van der Waals surface area contributed by atoms with E-state index in [4.69, 9.17) is 0 Å². The summed E-state index contributed by atoms with van der Waals surface area (Å²) in [6, 6.07) is 4.36. The molecule has 0 aromatic heterocycles. The van der Waals surface area contributed by atoms with E-state index in [0.717, 1.165) is 25.1 Å². The minimum atomic E-state index is -4.31. The van der Waals surface area contributed by atoms with Gasteiger partial charge >= 0.3 is 6.18 Å². The minimum Gasteiger partial charge on any atom is -0.378 e. The van der Waals surface area contributed by atoms with E-state index in [0.29, 0.717) is 5.56 Å². The lowest BCUT2D eigenvalue weighted by molar-refractivity contribution is -0.138. The summed E-state index contributed by atoms with van der Waals surface area (Å²) in [4.78, 5) is 1.82. The van der Waals surface area contributed by atoms with Crippen molar-refractivity contribution in [2.24, 2.45) is 0 Å². The number of nitrogens with zero attached hydrogens (tertiary/aromatic N) is 1. The van der Waals surface area contributed by atoms with Crippen molar-refractivity contribution < 1.29 is 13.2 Å². The Labute approximate surface area is 111 Å². The topological polar surface area (TPSA) is 15.3 Å². The summed E-state index contributed by atoms with van der Waals surface area (Å²) in [5.74, 6) is 0. The highest BCUT2D eigenvalue weighted by molar-refractivity contribution is 5.52. The van der Waals surface area contributed by atoms with Crippen molar-refractivity contribution in [3.8, 4) is 0 Å². The molecule has 0 amide bonds. The molecule has 1 saturated heterocycles. The van der Waals surface area contributed by atoms with E-state index in [-0.39, 0.29) is 0 Å². The Hall–Kier alpha value is -1.23. The molecule has 0 radical (unpaired) electrons. The molecule has 0 aliphatic carbocycles. The fourth-order valence-corrected chi connectivity index (χ4v) is 2.64. The van der Waals surface area contributed by atoms with Crippen LogP contribution in [0.15, 0.2) is 18.2 Å². The summed E-state index contributed by atoms with van der Waals surface area (Å²) >= 11 is 0. The van der Waals surface area contributed by atoms with Gasteiger partial charge in [-0.1, -0.05) is 0 Å². The van der Waals surface area contributed by atoms with Gasteiger partial charge in [-0.2, -0.15) is 13.2 Å². The summed E-state index contributed by atoms with van der Waals surface area (Å²) in [7, 11) is 3.66. The zero-order valence-electron chi connectivity index (χ0n) is 11.4. The van der Waals surface area contributed by atoms with E-state index in [1.165, 1.54) is 12.1 Å². The highest BCUT2D eigenvalue weighted by Crippen LogP contribution is 2.41. The molecule has 5 heteroatoms. The monoisotopic (exact) mass is 272 g/mol. The molecule has 1 aromatic carbocycles. The van der Waals surface area contributed by atoms with Gasteiger partial charge in [0.1, 0.15) is 0 Å². The average Bonchev–Trinajstić information content (AvgIpc) is 2.75. The normalized spacial score (nSPS) is 23.7. The quantitative estimate of drug-likeness (QED) is 0.888. The van der Waals surface area contributed by atoms with Crippen molar-refractivity contribution in [2.75, 3.05) is 25.5 Å². The third kappa shape index (κ3) is 2.71. The fraction of sp³-hybridized carbons (Fsp3) is 0.571. The van der Waals surface area contributed by atoms with Crippen LogP contribution in [-0.2, 0) is 11.7 Å². The van der Waals surface area contributed by atoms with Crippen LogP contribution in [0.1, 0.15) is 30.9 Å². The number of halogens is 3. The van der Waals surface area contributed by atoms with Gasteiger partial charge in [0.2, 0.25) is 0 Å². The Balaban J connectivity index is 2.56. The molecule has 1 heterocycles. The Morgan fingerprint density at radius 2 is 1.95 bits per heavy atom. The maximum absolute atomic E-state index is 13.2. The Morgan fingerprint density at radius 3 is 2.42 bits per heavy atom. The van der Waals surface area contributed by atoms with Gasteiger partial charge in [0.15, 0.2) is 0 Å². The molecule has 0 spiro atoms. The molecule has 1 fully saturated rings. The van der Waals surface area contributed by atoms with Crippen molar-refractivity contribution in [1.29, 1.82) is 0 Å². The van der Waals surface area contributed by atoms with Crippen molar-refractivity contribution >= 4 is 5.69 Å². The number of hydrogen-bond donors (Lipinski definition) is 1. The molecule has 0 bridgehead atoms. The van der Waals surface area contributed by atoms with Gasteiger partial charge in [-0.15, -0.1) is 0 Å². The van der Waals surface area contributed by atoms with E-state index in [9.17, 15) is 13.2 Å². The lowest BCUT2D eigenvalue weighted by Gasteiger charge is -2.30. The second-order valence-electron chi connectivity index (χ2n) is 5.48. The van der Waals surface area contributed by atoms with Crippen molar-refractivity contribution in [3.63, 3.8) is 0 Å². The first kappa shape index (κ1) is 14.2. The van der Waals surface area contributed by atoms with Crippen molar-refractivity contribution in [2.45, 2.75) is 31.5 Å². The van der Waals surface area contributed by atoms with Gasteiger partial charge < -0.3 is 10.2 Å². The van der Waals surface area contributed by atoms with Crippen LogP contribution in [0, 0.1) is 0 Å². The molecule has 1 aliphatic heterocycles. The van der Waals surface area contributed by atoms with Crippen LogP contribution in [0.2, 0.25) is 0 Å². The fourth-order valence-electron chi connectivity index (χ4n) is 2.64. The molecule has 1 aliphatic rings. The Kier molecular flexibility index (Phi) is 3.51. The van der Waals surface area contributed by atoms with Crippen LogP contribution >= 0.6 is 0 Å². The van der Waals surface area contributed by atoms with Gasteiger partial charge in [0.05, 0.1) is 5.56 Å². The van der Waals surface area contributed by atoms with Gasteiger partial charge in [0, 0.05) is 25.3 Å². The van der Waals surface area contributed by atoms with Crippen molar-refractivity contribution in [3.05, 3.63) is 29.3 Å². The first-order valence-electron chi connectivity index (χ1n) is 6.38. The molecular formula is C14H19F3N2. The largest absolute Gasteiger partial charge is 0.416 e. The zero-order chi connectivity index (χ0) is 14.3. The predicted octanol–water partition coefficient (Wildman–Crippen LogP) is 3.37. The van der Waals surface area contributed by atoms with E-state index in [1.807, 2.05) is 25.9 Å². The minimum absolute atomic E-state index is 0.351. The average molecular weight is 272 g/mol. The van der Waals surface area contributed by atoms with Crippen LogP contribution in [0.25, 0.3) is 0 Å². The van der Waals surface area contributed by atoms with Crippen LogP contribution in [0.4, 0.5) is 18.9 Å². The molecule has 1 N–H and O–H groups in total. The van der Waals surface area contributed by atoms with E-state index in [1.54, 1.807) is 6.07 Å². The Bertz CT molecular complexity index is 460. The highest BCUT2D eigenvalue weighted by Gasteiger charge is 2.40. The SMILES string of the molecule is CN(C)c1ccc(C(F)(F)F)c(C2(C)CCCN2)c1. The number of alkyl halides is 3. The first-order chi connectivity index (χ1) is 8.74. The lowest BCUT2D eigenvalue weighted by atomic mass is 9.86. The van der Waals surface area contributed by atoms with E-state index in [2.05, 4.69) is 5.32 Å². The molecular weight excluding hydrogens is 253 g/mol. The first-order valence-corrected chi connectivity index (χ1v) is 6.38. The molecule has 1 atom stereocenters. The van der Waals surface area contributed by atoms with E-state index < -0.39 is 17.3 Å². The lowest BCUT2D eigenvalue weighted by Crippen LogP contribution is -2.35. The molecule has 106 valence electrons. The summed E-state index contributed by atoms with van der Waals surface area (Å²) in [5.41, 5.74) is 0.0216. The Morgan fingerprint density at radius 1 is 1.26 bits per heavy atom. The van der Waals surface area contributed by atoms with Crippen LogP contribution in [-0.4, -0.2) is 20.6 Å². The maximum atomic E-state index is 13.2. The smallest absolute Gasteiger partial charge is 0.378 e. The zero-order valence-corrected chi connectivity index (χ0v) is 11.4. The predicted molar refractivity (Wildman–Crippen MR) is 70.4 cm³/mol. The molecule has 2 rings (SSSR count). The van der Waals surface area contributed by atoms with Crippen LogP contribution in [0.5, 0.6) is 0 Å². The molecule has 2 nitrogen and oxygen atoms in total. The number of nitrogens with one attached hydrogen (secondary N) is 1. The summed E-state index contributed by atoms with van der Waals surface area (Å²) in [5, 5.41) is 3.21. The van der Waals surface area contributed by atoms with Crippen LogP contribution < -0.4 is 10.2 Å². The van der Waals surface area contributed by atoms with Gasteiger partial charge in [0.25, 0.3) is 0 Å². The second-order valence-corrected chi connectivity index (χ2v) is 5.48. The summed E-state index contributed by atoms with van der Waals surface area (Å²) in [6.07, 6.45) is -2.68. The van der Waals surface area contributed by atoms with Crippen LogP contribution in [0.3, 0.4) is 0 Å².